The summed E-state index contributed by atoms with van der Waals surface area (Å²) in [6.07, 6.45) is -4.18. The van der Waals surface area contributed by atoms with Crippen molar-refractivity contribution in [1.82, 2.24) is 9.55 Å². The summed E-state index contributed by atoms with van der Waals surface area (Å²) in [4.78, 5) is 24.4. The summed E-state index contributed by atoms with van der Waals surface area (Å²) in [7, 11) is 0. The summed E-state index contributed by atoms with van der Waals surface area (Å²) in [5.41, 5.74) is -1.73. The summed E-state index contributed by atoms with van der Waals surface area (Å²) in [5, 5.41) is 28.1. The van der Waals surface area contributed by atoms with Gasteiger partial charge in [0, 0.05) is 12.2 Å². The zero-order valence-electron chi connectivity index (χ0n) is 9.61. The van der Waals surface area contributed by atoms with Crippen LogP contribution in [0.2, 0.25) is 0 Å². The first-order chi connectivity index (χ1) is 8.45. The molecule has 0 spiro atoms. The highest BCUT2D eigenvalue weighted by atomic mass is 16.6. The van der Waals surface area contributed by atoms with Crippen LogP contribution in [0.15, 0.2) is 21.8 Å². The van der Waals surface area contributed by atoms with Gasteiger partial charge in [0.1, 0.15) is 18.3 Å². The molecule has 4 N–H and O–H groups in total. The van der Waals surface area contributed by atoms with Crippen LogP contribution in [0.1, 0.15) is 7.60 Å². The summed E-state index contributed by atoms with van der Waals surface area (Å²) in [6.45, 7) is -0.527. The van der Waals surface area contributed by atoms with Gasteiger partial charge in [0.15, 0.2) is 6.23 Å². The van der Waals surface area contributed by atoms with E-state index in [0.29, 0.717) is 0 Å². The lowest BCUT2D eigenvalue weighted by Gasteiger charge is -2.16. The summed E-state index contributed by atoms with van der Waals surface area (Å²) < 4.78 is 13.2. The number of aliphatic hydroxyl groups is 3. The fourth-order valence-corrected chi connectivity index (χ4v) is 1.68. The van der Waals surface area contributed by atoms with Crippen LogP contribution in [0, 0.1) is 0 Å². The number of aliphatic hydroxyl groups excluding tert-OH is 3. The number of hydrogen-bond acceptors (Lipinski definition) is 6. The molecule has 0 saturated carbocycles. The molecule has 1 aromatic rings. The highest BCUT2D eigenvalue weighted by Crippen LogP contribution is 2.27. The van der Waals surface area contributed by atoms with Crippen LogP contribution in [0.3, 0.4) is 0 Å². The summed E-state index contributed by atoms with van der Waals surface area (Å²) >= 11 is 0. The second-order valence-electron chi connectivity index (χ2n) is 3.67. The van der Waals surface area contributed by atoms with E-state index in [1.807, 2.05) is 4.98 Å². The third kappa shape index (κ3) is 2.03. The zero-order chi connectivity index (χ0) is 13.4. The summed E-state index contributed by atoms with van der Waals surface area (Å²) in [6, 6.07) is -0.479. The Kier molecular flexibility index (Phi) is 2.77. The molecular formula is C9H12N2O6. The Bertz CT molecular complexity index is 555. The molecule has 1 aliphatic heterocycles. The van der Waals surface area contributed by atoms with E-state index >= 15 is 0 Å². The van der Waals surface area contributed by atoms with Gasteiger partial charge in [-0.25, -0.2) is 4.79 Å². The minimum Gasteiger partial charge on any atom is -0.394 e. The van der Waals surface area contributed by atoms with Crippen molar-refractivity contribution in [2.24, 2.45) is 0 Å². The minimum atomic E-state index is -1.44. The van der Waals surface area contributed by atoms with Crippen molar-refractivity contribution in [2.75, 3.05) is 6.61 Å². The molecule has 0 aromatic carbocycles. The van der Waals surface area contributed by atoms with Crippen LogP contribution in [0.5, 0.6) is 0 Å². The molecule has 94 valence electrons. The van der Waals surface area contributed by atoms with Gasteiger partial charge in [0.25, 0.3) is 5.56 Å². The highest BCUT2D eigenvalue weighted by molar-refractivity contribution is 4.92. The molecule has 0 radical (unpaired) electrons. The van der Waals surface area contributed by atoms with E-state index in [0.717, 1.165) is 10.8 Å². The van der Waals surface area contributed by atoms with Crippen LogP contribution in [0.4, 0.5) is 0 Å². The average molecular weight is 245 g/mol. The van der Waals surface area contributed by atoms with Gasteiger partial charge in [-0.2, -0.15) is 0 Å². The van der Waals surface area contributed by atoms with Crippen molar-refractivity contribution in [3.63, 3.8) is 0 Å². The van der Waals surface area contributed by atoms with E-state index in [1.54, 1.807) is 0 Å². The molecule has 2 rings (SSSR count). The molecule has 0 unspecified atom stereocenters. The third-order valence-electron chi connectivity index (χ3n) is 2.58. The predicted octanol–water partition coefficient (Wildman–Crippen LogP) is -2.85. The van der Waals surface area contributed by atoms with Crippen molar-refractivity contribution in [3.8, 4) is 0 Å². The maximum absolute atomic E-state index is 11.5. The van der Waals surface area contributed by atoms with Gasteiger partial charge in [-0.05, 0) is 0 Å². The van der Waals surface area contributed by atoms with Gasteiger partial charge in [0.2, 0.25) is 0 Å². The maximum Gasteiger partial charge on any atom is 0.330 e. The average Bonchev–Trinajstić information content (AvgIpc) is 2.61. The van der Waals surface area contributed by atoms with E-state index < -0.39 is 48.4 Å². The molecule has 1 aliphatic rings. The van der Waals surface area contributed by atoms with Crippen molar-refractivity contribution in [1.29, 1.82) is 0 Å². The zero-order valence-corrected chi connectivity index (χ0v) is 8.61. The fourth-order valence-electron chi connectivity index (χ4n) is 1.68. The fraction of sp³-hybridized carbons (Fsp3) is 0.556. The van der Waals surface area contributed by atoms with Gasteiger partial charge in [-0.3, -0.25) is 14.3 Å². The molecule has 17 heavy (non-hydrogen) atoms. The normalized spacial score (nSPS) is 33.7. The van der Waals surface area contributed by atoms with Crippen LogP contribution in [-0.2, 0) is 4.74 Å². The van der Waals surface area contributed by atoms with Gasteiger partial charge >= 0.3 is 5.69 Å². The van der Waals surface area contributed by atoms with E-state index in [-0.39, 0.29) is 0 Å². The second kappa shape index (κ2) is 4.41. The molecule has 2 heterocycles. The first-order valence-corrected chi connectivity index (χ1v) is 4.90. The van der Waals surface area contributed by atoms with Crippen LogP contribution < -0.4 is 11.2 Å². The Hall–Kier alpha value is -1.48. The molecule has 0 amide bonds. The van der Waals surface area contributed by atoms with Gasteiger partial charge in [-0.1, -0.05) is 0 Å². The number of nitrogens with one attached hydrogen (secondary N) is 1. The van der Waals surface area contributed by atoms with E-state index in [9.17, 15) is 19.8 Å². The van der Waals surface area contributed by atoms with Crippen molar-refractivity contribution >= 4 is 0 Å². The Morgan fingerprint density at radius 3 is 2.76 bits per heavy atom. The summed E-state index contributed by atoms with van der Waals surface area (Å²) in [5.74, 6) is 0. The standard InChI is InChI=1S/C9H12N2O6/c12-3-4-6(14)7(15)8(17-4)11-2-1-5(13)10-9(11)16/h1-2,4,6-8,12,14-15H,3H2,(H,10,13,16)/t4-,6-,7-,8-/m1/s1/i1D. The number of hydrogen-bond donors (Lipinski definition) is 4. The van der Waals surface area contributed by atoms with Crippen molar-refractivity contribution in [3.05, 3.63) is 33.1 Å². The Labute approximate surface area is 96.1 Å². The highest BCUT2D eigenvalue weighted by Gasteiger charge is 2.43. The van der Waals surface area contributed by atoms with E-state index in [1.165, 1.54) is 0 Å². The molecule has 4 atom stereocenters. The Morgan fingerprint density at radius 1 is 1.47 bits per heavy atom. The molecule has 8 nitrogen and oxygen atoms in total. The number of nitrogens with zero attached hydrogens (tertiary/aromatic N) is 1. The topological polar surface area (TPSA) is 125 Å². The van der Waals surface area contributed by atoms with Gasteiger partial charge < -0.3 is 20.1 Å². The minimum absolute atomic E-state index is 0.479. The molecule has 8 heteroatoms. The first kappa shape index (κ1) is 10.7. The first-order valence-electron chi connectivity index (χ1n) is 5.40. The molecule has 1 saturated heterocycles. The van der Waals surface area contributed by atoms with Gasteiger partial charge in [0.05, 0.1) is 7.98 Å². The van der Waals surface area contributed by atoms with Crippen molar-refractivity contribution in [2.45, 2.75) is 24.5 Å². The second-order valence-corrected chi connectivity index (χ2v) is 3.67. The lowest BCUT2D eigenvalue weighted by Crippen LogP contribution is -2.37. The number of rotatable bonds is 2. The largest absolute Gasteiger partial charge is 0.394 e. The lowest BCUT2D eigenvalue weighted by molar-refractivity contribution is -0.0550. The maximum atomic E-state index is 11.5. The number of aromatic nitrogens is 2. The molecular weight excluding hydrogens is 232 g/mol. The smallest absolute Gasteiger partial charge is 0.330 e. The number of aromatic amines is 1. The van der Waals surface area contributed by atoms with E-state index in [4.69, 9.17) is 11.2 Å². The van der Waals surface area contributed by atoms with E-state index in [2.05, 4.69) is 0 Å². The molecule has 0 bridgehead atoms. The SMILES string of the molecule is [2H]c1cn([C@@H]2O[C@H](CO)[C@@H](O)[C@H]2O)c(=O)[nH]c1=O. The number of ether oxygens (including phenoxy) is 1. The van der Waals surface area contributed by atoms with Crippen molar-refractivity contribution < 1.29 is 21.4 Å². The van der Waals surface area contributed by atoms with Crippen LogP contribution in [-0.4, -0.2) is 49.8 Å². The Morgan fingerprint density at radius 2 is 2.18 bits per heavy atom. The molecule has 1 fully saturated rings. The quantitative estimate of drug-likeness (QED) is 0.444. The van der Waals surface area contributed by atoms with Crippen LogP contribution >= 0.6 is 0 Å². The predicted molar refractivity (Wildman–Crippen MR) is 54.3 cm³/mol. The Balaban J connectivity index is 2.42. The van der Waals surface area contributed by atoms with Crippen LogP contribution in [0.25, 0.3) is 0 Å². The lowest BCUT2D eigenvalue weighted by atomic mass is 10.1. The number of H-pyrrole nitrogens is 1. The third-order valence-corrected chi connectivity index (χ3v) is 2.58. The van der Waals surface area contributed by atoms with Gasteiger partial charge in [-0.15, -0.1) is 0 Å². The molecule has 0 aliphatic carbocycles. The molecule has 1 aromatic heterocycles. The monoisotopic (exact) mass is 245 g/mol.